The molecule has 28 heavy (non-hydrogen) atoms. The van der Waals surface area contributed by atoms with E-state index >= 15 is 0 Å². The van der Waals surface area contributed by atoms with Gasteiger partial charge in [-0.25, -0.2) is 15.2 Å². The summed E-state index contributed by atoms with van der Waals surface area (Å²) in [6, 6.07) is 0.569. The van der Waals surface area contributed by atoms with E-state index in [-0.39, 0.29) is 12.6 Å². The van der Waals surface area contributed by atoms with Gasteiger partial charge in [-0.1, -0.05) is 0 Å². The highest BCUT2D eigenvalue weighted by Gasteiger charge is 2.41. The zero-order valence-electron chi connectivity index (χ0n) is 16.8. The van der Waals surface area contributed by atoms with E-state index in [1.165, 1.54) is 16.3 Å². The summed E-state index contributed by atoms with van der Waals surface area (Å²) in [5.74, 6) is 0. The van der Waals surface area contributed by atoms with Crippen molar-refractivity contribution < 1.29 is 19.4 Å². The molecule has 1 aromatic rings. The number of nitrogens with zero attached hydrogens (tertiary/aromatic N) is 3. The number of piperidine rings is 1. The summed E-state index contributed by atoms with van der Waals surface area (Å²) in [7, 11) is 0. The third-order valence-electron chi connectivity index (χ3n) is 5.36. The number of hydrogen-bond acceptors (Lipinski definition) is 8. The quantitative estimate of drug-likeness (QED) is 0.546. The molecule has 1 aromatic heterocycles. The van der Waals surface area contributed by atoms with E-state index in [1.54, 1.807) is 32.5 Å². The first-order valence-electron chi connectivity index (χ1n) is 9.76. The number of thiazole rings is 1. The molecule has 0 atom stereocenters. The van der Waals surface area contributed by atoms with E-state index in [4.69, 9.17) is 4.74 Å². The number of likely N-dealkylation sites (tertiary alicyclic amines) is 1. The third kappa shape index (κ3) is 5.08. The highest BCUT2D eigenvalue weighted by molar-refractivity contribution is 7.09. The first kappa shape index (κ1) is 21.2. The number of ether oxygens (including phenoxy) is 1. The van der Waals surface area contributed by atoms with E-state index in [0.29, 0.717) is 25.2 Å². The summed E-state index contributed by atoms with van der Waals surface area (Å²) >= 11 is 1.51. The Morgan fingerprint density at radius 1 is 1.46 bits per heavy atom. The summed E-state index contributed by atoms with van der Waals surface area (Å²) in [4.78, 5) is 30.6. The second kappa shape index (κ2) is 8.44. The van der Waals surface area contributed by atoms with Gasteiger partial charge in [-0.15, -0.1) is 11.3 Å². The van der Waals surface area contributed by atoms with E-state index in [1.807, 2.05) is 0 Å². The van der Waals surface area contributed by atoms with Crippen LogP contribution in [0.4, 0.5) is 4.79 Å². The van der Waals surface area contributed by atoms with Gasteiger partial charge in [0.2, 0.25) is 0 Å². The lowest BCUT2D eigenvalue weighted by Gasteiger charge is -2.48. The number of carbonyl (C=O) groups excluding carboxylic acids is 2. The van der Waals surface area contributed by atoms with Gasteiger partial charge in [0.1, 0.15) is 17.5 Å². The molecule has 2 aliphatic rings. The normalized spacial score (nSPS) is 25.0. The Kier molecular flexibility index (Phi) is 6.38. The fourth-order valence-electron chi connectivity index (χ4n) is 3.73. The van der Waals surface area contributed by atoms with Gasteiger partial charge < -0.3 is 19.5 Å². The molecular formula is C19H30N4O4S. The molecule has 0 radical (unpaired) electrons. The number of rotatable bonds is 6. The smallest absolute Gasteiger partial charge is 0.425 e. The number of aldehydes is 1. The number of aromatic nitrogens is 1. The number of amides is 1. The van der Waals surface area contributed by atoms with Crippen molar-refractivity contribution in [3.05, 3.63) is 16.6 Å². The van der Waals surface area contributed by atoms with E-state index in [9.17, 15) is 14.7 Å². The van der Waals surface area contributed by atoms with Gasteiger partial charge >= 0.3 is 6.09 Å². The Hall–Kier alpha value is -1.55. The SMILES string of the molecule is CC(C)(C)OC(=O)N(CC=O)NC1CC(N2CCC(O)(c3cncs3)CC2)C1. The summed E-state index contributed by atoms with van der Waals surface area (Å²) < 4.78 is 5.35. The summed E-state index contributed by atoms with van der Waals surface area (Å²) in [5, 5.41) is 12.1. The molecule has 1 aliphatic carbocycles. The highest BCUT2D eigenvalue weighted by atomic mass is 32.1. The van der Waals surface area contributed by atoms with Crippen LogP contribution in [0.25, 0.3) is 0 Å². The molecule has 1 amide bonds. The molecule has 1 saturated carbocycles. The van der Waals surface area contributed by atoms with Gasteiger partial charge in [-0.3, -0.25) is 4.98 Å². The van der Waals surface area contributed by atoms with Gasteiger partial charge in [0.15, 0.2) is 0 Å². The third-order valence-corrected chi connectivity index (χ3v) is 6.32. The van der Waals surface area contributed by atoms with Crippen LogP contribution in [-0.2, 0) is 15.1 Å². The Morgan fingerprint density at radius 2 is 2.14 bits per heavy atom. The number of carbonyl (C=O) groups is 2. The van der Waals surface area contributed by atoms with Gasteiger partial charge in [0, 0.05) is 31.4 Å². The zero-order valence-corrected chi connectivity index (χ0v) is 17.6. The van der Waals surface area contributed by atoms with Crippen molar-refractivity contribution in [1.82, 2.24) is 20.3 Å². The van der Waals surface area contributed by atoms with Crippen LogP contribution in [0.5, 0.6) is 0 Å². The minimum Gasteiger partial charge on any atom is -0.443 e. The molecule has 9 heteroatoms. The zero-order chi connectivity index (χ0) is 20.4. The monoisotopic (exact) mass is 410 g/mol. The highest BCUT2D eigenvalue weighted by Crippen LogP contribution is 2.37. The average molecular weight is 411 g/mol. The van der Waals surface area contributed by atoms with Crippen molar-refractivity contribution >= 4 is 23.7 Å². The molecule has 2 fully saturated rings. The lowest BCUT2D eigenvalue weighted by atomic mass is 9.82. The number of hydrazine groups is 1. The molecule has 0 spiro atoms. The lowest BCUT2D eigenvalue weighted by Crippen LogP contribution is -2.60. The Morgan fingerprint density at radius 3 is 2.68 bits per heavy atom. The second-order valence-electron chi connectivity index (χ2n) is 8.64. The minimum atomic E-state index is -0.753. The fraction of sp³-hybridized carbons (Fsp3) is 0.737. The van der Waals surface area contributed by atoms with E-state index in [0.717, 1.165) is 30.8 Å². The Labute approximate surface area is 169 Å². The van der Waals surface area contributed by atoms with E-state index in [2.05, 4.69) is 15.3 Å². The predicted molar refractivity (Wildman–Crippen MR) is 106 cm³/mol. The summed E-state index contributed by atoms with van der Waals surface area (Å²) in [6.07, 6.45) is 5.14. The molecule has 0 bridgehead atoms. The maximum atomic E-state index is 12.2. The summed E-state index contributed by atoms with van der Waals surface area (Å²) in [6.45, 7) is 7.04. The van der Waals surface area contributed by atoms with Gasteiger partial charge in [0.25, 0.3) is 0 Å². The van der Waals surface area contributed by atoms with Crippen LogP contribution in [0.15, 0.2) is 11.7 Å². The molecule has 0 aromatic carbocycles. The lowest BCUT2D eigenvalue weighted by molar-refractivity contribution is -0.110. The molecule has 2 heterocycles. The topological polar surface area (TPSA) is 95.0 Å². The van der Waals surface area contributed by atoms with Crippen molar-refractivity contribution in [2.75, 3.05) is 19.6 Å². The second-order valence-corrected chi connectivity index (χ2v) is 9.53. The molecular weight excluding hydrogens is 380 g/mol. The molecule has 0 unspecified atom stereocenters. The average Bonchev–Trinajstić information content (AvgIpc) is 3.12. The van der Waals surface area contributed by atoms with Crippen LogP contribution in [0.2, 0.25) is 0 Å². The molecule has 156 valence electrons. The Balaban J connectivity index is 1.45. The van der Waals surface area contributed by atoms with Crippen LogP contribution in [0.3, 0.4) is 0 Å². The molecule has 1 aliphatic heterocycles. The van der Waals surface area contributed by atoms with Gasteiger partial charge in [0.05, 0.1) is 16.9 Å². The van der Waals surface area contributed by atoms with Gasteiger partial charge in [-0.2, -0.15) is 0 Å². The molecule has 3 rings (SSSR count). The van der Waals surface area contributed by atoms with Crippen molar-refractivity contribution in [1.29, 1.82) is 0 Å². The maximum Gasteiger partial charge on any atom is 0.425 e. The van der Waals surface area contributed by atoms with Crippen LogP contribution in [0.1, 0.15) is 51.3 Å². The predicted octanol–water partition coefficient (Wildman–Crippen LogP) is 1.90. The first-order chi connectivity index (χ1) is 13.2. The Bertz CT molecular complexity index is 662. The largest absolute Gasteiger partial charge is 0.443 e. The molecule has 8 nitrogen and oxygen atoms in total. The fourth-order valence-corrected chi connectivity index (χ4v) is 4.51. The minimum absolute atomic E-state index is 0.0400. The van der Waals surface area contributed by atoms with Crippen molar-refractivity contribution in [2.24, 2.45) is 0 Å². The number of nitrogens with one attached hydrogen (secondary N) is 1. The number of hydrogen-bond donors (Lipinski definition) is 2. The number of aliphatic hydroxyl groups is 1. The maximum absolute atomic E-state index is 12.2. The van der Waals surface area contributed by atoms with Crippen LogP contribution >= 0.6 is 11.3 Å². The van der Waals surface area contributed by atoms with Crippen molar-refractivity contribution in [3.63, 3.8) is 0 Å². The standard InChI is InChI=1S/C19H30N4O4S/c1-18(2,3)27-17(25)23(8-9-24)21-14-10-15(11-14)22-6-4-19(26,5-7-22)16-12-20-13-28-16/h9,12-15,21,26H,4-8,10-11H2,1-3H3. The van der Waals surface area contributed by atoms with Crippen LogP contribution in [0, 0.1) is 0 Å². The van der Waals surface area contributed by atoms with Crippen molar-refractivity contribution in [3.8, 4) is 0 Å². The van der Waals surface area contributed by atoms with Crippen molar-refractivity contribution in [2.45, 2.75) is 69.7 Å². The van der Waals surface area contributed by atoms with Crippen LogP contribution in [-0.4, -0.2) is 69.7 Å². The molecule has 1 saturated heterocycles. The molecule has 2 N–H and O–H groups in total. The van der Waals surface area contributed by atoms with E-state index < -0.39 is 17.3 Å². The summed E-state index contributed by atoms with van der Waals surface area (Å²) in [5.41, 5.74) is 3.53. The van der Waals surface area contributed by atoms with Gasteiger partial charge in [-0.05, 0) is 46.5 Å². The van der Waals surface area contributed by atoms with Crippen LogP contribution < -0.4 is 5.43 Å². The first-order valence-corrected chi connectivity index (χ1v) is 10.6.